The third kappa shape index (κ3) is 3.56. The second-order valence-corrected chi connectivity index (χ2v) is 8.55. The number of piperidine rings is 1. The van der Waals surface area contributed by atoms with E-state index in [9.17, 15) is 0 Å². The number of fused-ring (bicyclic) bond motifs is 2. The van der Waals surface area contributed by atoms with Crippen LogP contribution in [-0.2, 0) is 13.0 Å². The number of ether oxygens (including phenoxy) is 1. The fraction of sp³-hybridized carbons (Fsp3) is 0.391. The van der Waals surface area contributed by atoms with Gasteiger partial charge in [-0.05, 0) is 72.9 Å². The summed E-state index contributed by atoms with van der Waals surface area (Å²) in [4.78, 5) is 2.62. The topological polar surface area (TPSA) is 17.4 Å². The van der Waals surface area contributed by atoms with Crippen LogP contribution in [-0.4, -0.2) is 29.1 Å². The first-order valence-electron chi connectivity index (χ1n) is 10.00. The molecule has 0 spiro atoms. The lowest BCUT2D eigenvalue weighted by Crippen LogP contribution is -2.38. The lowest BCUT2D eigenvalue weighted by atomic mass is 9.89. The Labute approximate surface area is 165 Å². The largest absolute Gasteiger partial charge is 0.484 e. The zero-order valence-corrected chi connectivity index (χ0v) is 16.4. The van der Waals surface area contributed by atoms with Gasteiger partial charge in [-0.15, -0.1) is 0 Å². The molecule has 1 saturated heterocycles. The van der Waals surface area contributed by atoms with Crippen LogP contribution in [0, 0.1) is 5.92 Å². The summed E-state index contributed by atoms with van der Waals surface area (Å²) in [5.41, 5.74) is 4.09. The number of benzene rings is 1. The highest BCUT2D eigenvalue weighted by molar-refractivity contribution is 7.07. The summed E-state index contributed by atoms with van der Waals surface area (Å²) in [5, 5.41) is 4.45. The van der Waals surface area contributed by atoms with E-state index >= 15 is 0 Å². The first kappa shape index (κ1) is 17.1. The summed E-state index contributed by atoms with van der Waals surface area (Å²) in [6.45, 7) is 4.44. The Kier molecular flexibility index (Phi) is 4.76. The van der Waals surface area contributed by atoms with Crippen LogP contribution in [0.2, 0.25) is 0 Å². The van der Waals surface area contributed by atoms with Crippen molar-refractivity contribution in [2.45, 2.75) is 31.9 Å². The highest BCUT2D eigenvalue weighted by atomic mass is 32.1. The highest BCUT2D eigenvalue weighted by Gasteiger charge is 2.32. The van der Waals surface area contributed by atoms with E-state index in [2.05, 4.69) is 68.9 Å². The molecule has 4 heteroatoms. The van der Waals surface area contributed by atoms with Crippen molar-refractivity contribution in [2.24, 2.45) is 5.92 Å². The zero-order chi connectivity index (χ0) is 18.1. The van der Waals surface area contributed by atoms with Crippen molar-refractivity contribution < 1.29 is 4.74 Å². The molecule has 0 saturated carbocycles. The van der Waals surface area contributed by atoms with Crippen molar-refractivity contribution in [2.75, 3.05) is 19.6 Å². The maximum Gasteiger partial charge on any atom is 0.141 e. The van der Waals surface area contributed by atoms with Gasteiger partial charge in [-0.2, -0.15) is 11.3 Å². The molecular formula is C23H26N2OS. The van der Waals surface area contributed by atoms with E-state index in [-0.39, 0.29) is 6.10 Å². The minimum atomic E-state index is 0.169. The Balaban J connectivity index is 1.28. The van der Waals surface area contributed by atoms with Gasteiger partial charge in [0, 0.05) is 24.2 Å². The van der Waals surface area contributed by atoms with Crippen LogP contribution in [0.4, 0.5) is 0 Å². The van der Waals surface area contributed by atoms with Crippen molar-refractivity contribution in [1.29, 1.82) is 0 Å². The molecule has 2 aliphatic heterocycles. The van der Waals surface area contributed by atoms with Crippen LogP contribution >= 0.6 is 11.3 Å². The Morgan fingerprint density at radius 3 is 2.78 bits per heavy atom. The van der Waals surface area contributed by atoms with Crippen LogP contribution < -0.4 is 4.74 Å². The number of thiophene rings is 1. The second-order valence-electron chi connectivity index (χ2n) is 7.77. The van der Waals surface area contributed by atoms with Gasteiger partial charge in [0.2, 0.25) is 0 Å². The third-order valence-corrected chi connectivity index (χ3v) is 6.81. The van der Waals surface area contributed by atoms with Gasteiger partial charge in [0.25, 0.3) is 0 Å². The number of nitrogens with zero attached hydrogens (tertiary/aromatic N) is 2. The molecule has 3 nitrogen and oxygen atoms in total. The molecule has 4 heterocycles. The van der Waals surface area contributed by atoms with E-state index in [0.717, 1.165) is 12.3 Å². The standard InChI is InChI=1S/C23H26N2OS/c1-2-6-22-20(4-1)16-25-11-3-5-21(25)23(26-22)19-8-13-24(14-9-19)12-7-18-10-15-27-17-18/h1-6,10-11,15,17,19,23H,7-9,12-14,16H2. The van der Waals surface area contributed by atoms with Crippen LogP contribution in [0.15, 0.2) is 59.4 Å². The van der Waals surface area contributed by atoms with Crippen molar-refractivity contribution in [3.8, 4) is 5.75 Å². The average molecular weight is 379 g/mol. The van der Waals surface area contributed by atoms with Gasteiger partial charge in [-0.1, -0.05) is 18.2 Å². The first-order valence-corrected chi connectivity index (χ1v) is 10.9. The summed E-state index contributed by atoms with van der Waals surface area (Å²) in [6.07, 6.45) is 5.96. The smallest absolute Gasteiger partial charge is 0.141 e. The molecule has 0 radical (unpaired) electrons. The molecule has 27 heavy (non-hydrogen) atoms. The molecule has 0 N–H and O–H groups in total. The Morgan fingerprint density at radius 1 is 1.04 bits per heavy atom. The summed E-state index contributed by atoms with van der Waals surface area (Å²) in [7, 11) is 0. The minimum absolute atomic E-state index is 0.169. The van der Waals surface area contributed by atoms with Gasteiger partial charge in [0.05, 0.1) is 12.2 Å². The number of hydrogen-bond acceptors (Lipinski definition) is 3. The average Bonchev–Trinajstić information content (AvgIpc) is 3.36. The van der Waals surface area contributed by atoms with E-state index in [0.29, 0.717) is 5.92 Å². The van der Waals surface area contributed by atoms with E-state index in [1.54, 1.807) is 11.3 Å². The fourth-order valence-corrected chi connectivity index (χ4v) is 5.20. The lowest BCUT2D eigenvalue weighted by molar-refractivity contribution is 0.0745. The molecule has 3 aromatic rings. The molecule has 0 bridgehead atoms. The van der Waals surface area contributed by atoms with E-state index < -0.39 is 0 Å². The number of para-hydroxylation sites is 1. The number of rotatable bonds is 4. The van der Waals surface area contributed by atoms with Crippen molar-refractivity contribution in [3.05, 3.63) is 76.2 Å². The van der Waals surface area contributed by atoms with E-state index in [1.165, 1.54) is 55.7 Å². The van der Waals surface area contributed by atoms with Crippen molar-refractivity contribution >= 4 is 11.3 Å². The second kappa shape index (κ2) is 7.53. The van der Waals surface area contributed by atoms with E-state index in [1.807, 2.05) is 0 Å². The van der Waals surface area contributed by atoms with Crippen molar-refractivity contribution in [1.82, 2.24) is 9.47 Å². The maximum absolute atomic E-state index is 6.60. The van der Waals surface area contributed by atoms with E-state index in [4.69, 9.17) is 4.74 Å². The summed E-state index contributed by atoms with van der Waals surface area (Å²) in [5.74, 6) is 1.65. The molecule has 1 fully saturated rings. The monoisotopic (exact) mass is 378 g/mol. The fourth-order valence-electron chi connectivity index (χ4n) is 4.50. The first-order chi connectivity index (χ1) is 13.4. The molecule has 5 rings (SSSR count). The molecule has 2 aliphatic rings. The molecule has 0 amide bonds. The lowest BCUT2D eigenvalue weighted by Gasteiger charge is -2.36. The Morgan fingerprint density at radius 2 is 1.93 bits per heavy atom. The predicted molar refractivity (Wildman–Crippen MR) is 111 cm³/mol. The van der Waals surface area contributed by atoms with Gasteiger partial charge in [0.15, 0.2) is 0 Å². The SMILES string of the molecule is c1ccc2c(c1)Cn1cccc1C(C1CCN(CCc3ccsc3)CC1)O2. The van der Waals surface area contributed by atoms with Gasteiger partial charge in [-0.25, -0.2) is 0 Å². The molecule has 1 atom stereocenters. The molecule has 1 unspecified atom stereocenters. The molecule has 0 aliphatic carbocycles. The van der Waals surface area contributed by atoms with Crippen LogP contribution in [0.25, 0.3) is 0 Å². The minimum Gasteiger partial charge on any atom is -0.484 e. The summed E-state index contributed by atoms with van der Waals surface area (Å²) in [6, 6.07) is 15.2. The zero-order valence-electron chi connectivity index (χ0n) is 15.6. The van der Waals surface area contributed by atoms with Gasteiger partial charge < -0.3 is 14.2 Å². The molecular weight excluding hydrogens is 352 g/mol. The highest BCUT2D eigenvalue weighted by Crippen LogP contribution is 2.38. The van der Waals surface area contributed by atoms with Gasteiger partial charge in [0.1, 0.15) is 11.9 Å². The van der Waals surface area contributed by atoms with Gasteiger partial charge >= 0.3 is 0 Å². The summed E-state index contributed by atoms with van der Waals surface area (Å²) >= 11 is 1.80. The maximum atomic E-state index is 6.60. The molecule has 1 aromatic carbocycles. The normalized spacial score (nSPS) is 20.5. The van der Waals surface area contributed by atoms with Crippen LogP contribution in [0.1, 0.15) is 35.8 Å². The van der Waals surface area contributed by atoms with Crippen LogP contribution in [0.3, 0.4) is 0 Å². The number of aromatic nitrogens is 1. The predicted octanol–water partition coefficient (Wildman–Crippen LogP) is 4.99. The number of likely N-dealkylation sites (tertiary alicyclic amines) is 1. The number of hydrogen-bond donors (Lipinski definition) is 0. The Hall–Kier alpha value is -2.04. The molecule has 2 aromatic heterocycles. The quantitative estimate of drug-likeness (QED) is 0.637. The summed E-state index contributed by atoms with van der Waals surface area (Å²) < 4.78 is 8.97. The van der Waals surface area contributed by atoms with Crippen molar-refractivity contribution in [3.63, 3.8) is 0 Å². The third-order valence-electron chi connectivity index (χ3n) is 6.08. The van der Waals surface area contributed by atoms with Crippen LogP contribution in [0.5, 0.6) is 5.75 Å². The Bertz CT molecular complexity index is 877. The molecule has 140 valence electrons. The van der Waals surface area contributed by atoms with Gasteiger partial charge in [-0.3, -0.25) is 0 Å².